The van der Waals surface area contributed by atoms with Crippen LogP contribution in [0.2, 0.25) is 0 Å². The SMILES string of the molecule is Fc1cccc(N(c2ccccc2)c2ccc(-c3ccc4c(-c5cccc6ccccc56)c5ccccc5c(-c5cccc6ccccc56)c4c3)cc2)c1. The standard InChI is InChI=1S/C52H34FN/c53-39-17-12-20-42(34-39)54(40-18-2-1-3-19-40)41-30-27-35(28-31-41)38-29-32-49-50(33-38)52(46-26-11-16-37-14-5-7-22-44(37)46)48-24-9-8-23-47(48)51(49)45-25-10-15-36-13-4-6-21-43(36)45/h1-34H. The molecule has 0 bridgehead atoms. The predicted molar refractivity (Wildman–Crippen MR) is 227 cm³/mol. The fraction of sp³-hybridized carbons (Fsp3) is 0. The lowest BCUT2D eigenvalue weighted by molar-refractivity contribution is 0.628. The number of hydrogen-bond donors (Lipinski definition) is 0. The molecule has 10 aromatic rings. The third-order valence-corrected chi connectivity index (χ3v) is 10.7. The molecular formula is C52H34FN. The van der Waals surface area contributed by atoms with Crippen LogP contribution >= 0.6 is 0 Å². The van der Waals surface area contributed by atoms with Crippen molar-refractivity contribution < 1.29 is 4.39 Å². The second kappa shape index (κ2) is 13.2. The van der Waals surface area contributed by atoms with Gasteiger partial charge in [-0.05, 0) is 125 Å². The van der Waals surface area contributed by atoms with E-state index in [1.165, 1.54) is 71.4 Å². The van der Waals surface area contributed by atoms with Crippen molar-refractivity contribution in [2.45, 2.75) is 0 Å². The number of halogens is 1. The lowest BCUT2D eigenvalue weighted by atomic mass is 9.83. The van der Waals surface area contributed by atoms with Crippen molar-refractivity contribution in [1.29, 1.82) is 0 Å². The number of para-hydroxylation sites is 1. The molecule has 0 aliphatic carbocycles. The normalized spacial score (nSPS) is 11.4. The second-order valence-corrected chi connectivity index (χ2v) is 13.8. The van der Waals surface area contributed by atoms with Crippen LogP contribution in [0.1, 0.15) is 0 Å². The summed E-state index contributed by atoms with van der Waals surface area (Å²) in [6.07, 6.45) is 0. The molecule has 0 saturated heterocycles. The van der Waals surface area contributed by atoms with Crippen LogP contribution < -0.4 is 4.90 Å². The number of anilines is 3. The van der Waals surface area contributed by atoms with Crippen LogP contribution in [-0.2, 0) is 0 Å². The van der Waals surface area contributed by atoms with E-state index in [9.17, 15) is 4.39 Å². The maximum absolute atomic E-state index is 14.5. The molecule has 0 fully saturated rings. The van der Waals surface area contributed by atoms with Crippen LogP contribution in [-0.4, -0.2) is 0 Å². The van der Waals surface area contributed by atoms with Crippen LogP contribution in [0.5, 0.6) is 0 Å². The maximum atomic E-state index is 14.5. The number of fused-ring (bicyclic) bond motifs is 4. The van der Waals surface area contributed by atoms with Crippen LogP contribution in [0.4, 0.5) is 21.5 Å². The largest absolute Gasteiger partial charge is 0.310 e. The van der Waals surface area contributed by atoms with E-state index in [2.05, 4.69) is 169 Å². The number of nitrogens with zero attached hydrogens (tertiary/aromatic N) is 1. The molecule has 0 spiro atoms. The van der Waals surface area contributed by atoms with Gasteiger partial charge in [-0.15, -0.1) is 0 Å². The number of rotatable bonds is 6. The third-order valence-electron chi connectivity index (χ3n) is 10.7. The predicted octanol–water partition coefficient (Wildman–Crippen LogP) is 14.9. The van der Waals surface area contributed by atoms with Crippen LogP contribution in [0.3, 0.4) is 0 Å². The van der Waals surface area contributed by atoms with E-state index in [-0.39, 0.29) is 5.82 Å². The van der Waals surface area contributed by atoms with Crippen molar-refractivity contribution in [2.24, 2.45) is 0 Å². The zero-order chi connectivity index (χ0) is 36.0. The van der Waals surface area contributed by atoms with Gasteiger partial charge in [0.2, 0.25) is 0 Å². The molecule has 0 saturated carbocycles. The van der Waals surface area contributed by atoms with Crippen molar-refractivity contribution in [1.82, 2.24) is 0 Å². The van der Waals surface area contributed by atoms with Crippen molar-refractivity contribution >= 4 is 60.2 Å². The molecule has 254 valence electrons. The van der Waals surface area contributed by atoms with Gasteiger partial charge < -0.3 is 4.90 Å². The Morgan fingerprint density at radius 2 is 0.759 bits per heavy atom. The molecule has 0 aromatic heterocycles. The Balaban J connectivity index is 1.22. The van der Waals surface area contributed by atoms with E-state index >= 15 is 0 Å². The Kier molecular flexibility index (Phi) is 7.74. The zero-order valence-corrected chi connectivity index (χ0v) is 29.5. The monoisotopic (exact) mass is 691 g/mol. The van der Waals surface area contributed by atoms with E-state index in [0.717, 1.165) is 28.2 Å². The molecule has 0 atom stereocenters. The molecule has 0 N–H and O–H groups in total. The lowest BCUT2D eigenvalue weighted by Gasteiger charge is -2.25. The first-order chi connectivity index (χ1) is 26.7. The van der Waals surface area contributed by atoms with Crippen LogP contribution in [0, 0.1) is 5.82 Å². The minimum Gasteiger partial charge on any atom is -0.310 e. The zero-order valence-electron chi connectivity index (χ0n) is 29.5. The van der Waals surface area contributed by atoms with E-state index in [0.29, 0.717) is 0 Å². The molecule has 1 nitrogen and oxygen atoms in total. The summed E-state index contributed by atoms with van der Waals surface area (Å²) in [5, 5.41) is 9.81. The molecule has 0 aliphatic rings. The Hall–Kier alpha value is -7.03. The fourth-order valence-corrected chi connectivity index (χ4v) is 8.27. The molecule has 0 unspecified atom stereocenters. The summed E-state index contributed by atoms with van der Waals surface area (Å²) in [6, 6.07) is 72.0. The van der Waals surface area contributed by atoms with E-state index < -0.39 is 0 Å². The van der Waals surface area contributed by atoms with E-state index in [4.69, 9.17) is 0 Å². The van der Waals surface area contributed by atoms with Gasteiger partial charge in [-0.3, -0.25) is 0 Å². The summed E-state index contributed by atoms with van der Waals surface area (Å²) in [5.74, 6) is -0.265. The molecule has 0 radical (unpaired) electrons. The molecule has 10 rings (SSSR count). The second-order valence-electron chi connectivity index (χ2n) is 13.8. The smallest absolute Gasteiger partial charge is 0.125 e. The summed E-state index contributed by atoms with van der Waals surface area (Å²) in [5.41, 5.74) is 9.87. The molecular weight excluding hydrogens is 658 g/mol. The third kappa shape index (κ3) is 5.39. The molecule has 0 heterocycles. The van der Waals surface area contributed by atoms with Gasteiger partial charge in [0.25, 0.3) is 0 Å². The average Bonchev–Trinajstić information content (AvgIpc) is 3.23. The molecule has 0 amide bonds. The Labute approximate surface area is 313 Å². The van der Waals surface area contributed by atoms with Crippen molar-refractivity contribution in [2.75, 3.05) is 4.90 Å². The summed E-state index contributed by atoms with van der Waals surface area (Å²) in [7, 11) is 0. The average molecular weight is 692 g/mol. The fourth-order valence-electron chi connectivity index (χ4n) is 8.27. The van der Waals surface area contributed by atoms with Gasteiger partial charge in [0, 0.05) is 17.1 Å². The highest BCUT2D eigenvalue weighted by Crippen LogP contribution is 2.47. The first-order valence-electron chi connectivity index (χ1n) is 18.4. The highest BCUT2D eigenvalue weighted by molar-refractivity contribution is 6.25. The minimum absolute atomic E-state index is 0.265. The quantitative estimate of drug-likeness (QED) is 0.157. The summed E-state index contributed by atoms with van der Waals surface area (Å²) >= 11 is 0. The van der Waals surface area contributed by atoms with Crippen LogP contribution in [0.15, 0.2) is 206 Å². The molecule has 54 heavy (non-hydrogen) atoms. The van der Waals surface area contributed by atoms with Gasteiger partial charge in [0.1, 0.15) is 5.82 Å². The highest BCUT2D eigenvalue weighted by Gasteiger charge is 2.20. The summed E-state index contributed by atoms with van der Waals surface area (Å²) < 4.78 is 14.5. The van der Waals surface area contributed by atoms with Crippen molar-refractivity contribution in [3.63, 3.8) is 0 Å². The summed E-state index contributed by atoms with van der Waals surface area (Å²) in [4.78, 5) is 2.09. The minimum atomic E-state index is -0.265. The highest BCUT2D eigenvalue weighted by atomic mass is 19.1. The van der Waals surface area contributed by atoms with Gasteiger partial charge in [0.15, 0.2) is 0 Å². The first-order valence-corrected chi connectivity index (χ1v) is 18.4. The van der Waals surface area contributed by atoms with Crippen molar-refractivity contribution in [3.8, 4) is 33.4 Å². The number of benzene rings is 10. The molecule has 2 heteroatoms. The van der Waals surface area contributed by atoms with Gasteiger partial charge in [-0.25, -0.2) is 4.39 Å². The molecule has 10 aromatic carbocycles. The topological polar surface area (TPSA) is 3.24 Å². The van der Waals surface area contributed by atoms with Gasteiger partial charge >= 0.3 is 0 Å². The lowest BCUT2D eigenvalue weighted by Crippen LogP contribution is -2.09. The number of hydrogen-bond acceptors (Lipinski definition) is 1. The van der Waals surface area contributed by atoms with Gasteiger partial charge in [-0.2, -0.15) is 0 Å². The van der Waals surface area contributed by atoms with E-state index in [1.807, 2.05) is 24.3 Å². The van der Waals surface area contributed by atoms with Gasteiger partial charge in [-0.1, -0.05) is 158 Å². The first kappa shape index (κ1) is 31.7. The Bertz CT molecular complexity index is 2990. The Morgan fingerprint density at radius 3 is 1.39 bits per heavy atom. The van der Waals surface area contributed by atoms with E-state index in [1.54, 1.807) is 12.1 Å². The van der Waals surface area contributed by atoms with Crippen LogP contribution in [0.25, 0.3) is 76.5 Å². The summed E-state index contributed by atoms with van der Waals surface area (Å²) in [6.45, 7) is 0. The van der Waals surface area contributed by atoms with Gasteiger partial charge in [0.05, 0.1) is 0 Å². The maximum Gasteiger partial charge on any atom is 0.125 e. The molecule has 0 aliphatic heterocycles. The Morgan fingerprint density at radius 1 is 0.296 bits per heavy atom. The van der Waals surface area contributed by atoms with Crippen molar-refractivity contribution in [3.05, 3.63) is 212 Å².